The van der Waals surface area contributed by atoms with Gasteiger partial charge in [0.1, 0.15) is 6.54 Å². The van der Waals surface area contributed by atoms with Gasteiger partial charge in [0.05, 0.1) is 18.7 Å². The molecule has 150 valence electrons. The average Bonchev–Trinajstić information content (AvgIpc) is 2.68. The van der Waals surface area contributed by atoms with Crippen molar-refractivity contribution in [1.82, 2.24) is 0 Å². The first-order chi connectivity index (χ1) is 13.4. The van der Waals surface area contributed by atoms with Gasteiger partial charge in [-0.1, -0.05) is 60.7 Å². The Morgan fingerprint density at radius 1 is 0.964 bits per heavy atom. The molecule has 0 radical (unpaired) electrons. The van der Waals surface area contributed by atoms with Crippen LogP contribution in [0, 0.1) is 5.41 Å². The molecule has 2 aliphatic rings. The second-order valence-corrected chi connectivity index (χ2v) is 9.58. The van der Waals surface area contributed by atoms with Gasteiger partial charge in [-0.2, -0.15) is 0 Å². The lowest BCUT2D eigenvalue weighted by Crippen LogP contribution is -3.16. The molecule has 3 nitrogen and oxygen atoms in total. The Morgan fingerprint density at radius 3 is 2.14 bits per heavy atom. The van der Waals surface area contributed by atoms with E-state index in [1.54, 1.807) is 0 Å². The van der Waals surface area contributed by atoms with Crippen molar-refractivity contribution in [2.45, 2.75) is 50.7 Å². The Bertz CT molecular complexity index is 730. The van der Waals surface area contributed by atoms with E-state index in [1.165, 1.54) is 17.7 Å². The van der Waals surface area contributed by atoms with Crippen LogP contribution in [0.15, 0.2) is 60.7 Å². The van der Waals surface area contributed by atoms with Crippen molar-refractivity contribution in [1.29, 1.82) is 0 Å². The summed E-state index contributed by atoms with van der Waals surface area (Å²) in [5.74, 6) is 0. The minimum absolute atomic E-state index is 0.0319. The third-order valence-corrected chi connectivity index (χ3v) is 6.80. The largest absolute Gasteiger partial charge is 0.376 e. The number of likely N-dealkylation sites (tertiary alicyclic amines) is 1. The lowest BCUT2D eigenvalue weighted by atomic mass is 9.69. The van der Waals surface area contributed by atoms with Gasteiger partial charge in [-0.05, 0) is 50.7 Å². The summed E-state index contributed by atoms with van der Waals surface area (Å²) in [7, 11) is 0. The molecule has 2 atom stereocenters. The normalized spacial score (nSPS) is 27.6. The number of hydrogen-bond donors (Lipinski definition) is 2. The number of hydrogen-bond acceptors (Lipinski definition) is 2. The van der Waals surface area contributed by atoms with Crippen molar-refractivity contribution in [3.63, 3.8) is 0 Å². The zero-order valence-electron chi connectivity index (χ0n) is 17.3. The highest BCUT2D eigenvalue weighted by atomic mass is 16.5. The second-order valence-electron chi connectivity index (χ2n) is 9.58. The third-order valence-electron chi connectivity index (χ3n) is 6.80. The van der Waals surface area contributed by atoms with E-state index in [0.717, 1.165) is 43.7 Å². The van der Waals surface area contributed by atoms with Gasteiger partial charge >= 0.3 is 0 Å². The average molecular weight is 381 g/mol. The fourth-order valence-corrected chi connectivity index (χ4v) is 5.68. The molecule has 1 spiro atoms. The second kappa shape index (κ2) is 7.62. The zero-order valence-corrected chi connectivity index (χ0v) is 17.3. The van der Waals surface area contributed by atoms with Gasteiger partial charge in [-0.25, -0.2) is 0 Å². The van der Waals surface area contributed by atoms with Gasteiger partial charge in [-0.15, -0.1) is 0 Å². The van der Waals surface area contributed by atoms with Crippen LogP contribution in [-0.4, -0.2) is 36.9 Å². The summed E-state index contributed by atoms with van der Waals surface area (Å²) in [6, 6.07) is 20.4. The Balaban J connectivity index is 1.61. The highest BCUT2D eigenvalue weighted by Crippen LogP contribution is 2.42. The molecule has 2 aliphatic heterocycles. The molecule has 28 heavy (non-hydrogen) atoms. The van der Waals surface area contributed by atoms with Crippen molar-refractivity contribution in [3.8, 4) is 0 Å². The third kappa shape index (κ3) is 4.03. The van der Waals surface area contributed by atoms with E-state index in [1.807, 2.05) is 36.4 Å². The lowest BCUT2D eigenvalue weighted by molar-refractivity contribution is -0.919. The number of piperidine rings is 1. The number of rotatable bonds is 4. The van der Waals surface area contributed by atoms with E-state index in [0.29, 0.717) is 12.0 Å². The van der Waals surface area contributed by atoms with Gasteiger partial charge in [0.15, 0.2) is 5.60 Å². The maximum Gasteiger partial charge on any atom is 0.163 e. The minimum Gasteiger partial charge on any atom is -0.376 e. The van der Waals surface area contributed by atoms with Crippen LogP contribution in [0.2, 0.25) is 0 Å². The van der Waals surface area contributed by atoms with E-state index in [4.69, 9.17) is 4.74 Å². The van der Waals surface area contributed by atoms with Crippen molar-refractivity contribution in [3.05, 3.63) is 71.8 Å². The maximum absolute atomic E-state index is 12.0. The first-order valence-corrected chi connectivity index (χ1v) is 10.7. The smallest absolute Gasteiger partial charge is 0.163 e. The van der Waals surface area contributed by atoms with Crippen LogP contribution >= 0.6 is 0 Å². The molecule has 2 aromatic rings. The van der Waals surface area contributed by atoms with Crippen molar-refractivity contribution in [2.75, 3.05) is 26.2 Å². The Hall–Kier alpha value is -1.68. The highest BCUT2D eigenvalue weighted by molar-refractivity contribution is 5.35. The summed E-state index contributed by atoms with van der Waals surface area (Å²) >= 11 is 0. The number of benzene rings is 2. The van der Waals surface area contributed by atoms with Crippen molar-refractivity contribution in [2.24, 2.45) is 5.41 Å². The van der Waals surface area contributed by atoms with Crippen LogP contribution in [0.5, 0.6) is 0 Å². The molecule has 2 N–H and O–H groups in total. The van der Waals surface area contributed by atoms with Crippen LogP contribution in [0.4, 0.5) is 0 Å². The van der Waals surface area contributed by atoms with E-state index < -0.39 is 5.60 Å². The molecule has 0 aliphatic carbocycles. The number of quaternary nitrogens is 1. The Kier molecular flexibility index (Phi) is 5.34. The quantitative estimate of drug-likeness (QED) is 0.854. The van der Waals surface area contributed by atoms with Gasteiger partial charge in [0, 0.05) is 12.0 Å². The van der Waals surface area contributed by atoms with Crippen molar-refractivity contribution >= 4 is 0 Å². The molecule has 0 aromatic heterocycles. The summed E-state index contributed by atoms with van der Waals surface area (Å²) in [5, 5.41) is 12.0. The summed E-state index contributed by atoms with van der Waals surface area (Å²) in [4.78, 5) is 1.51. The predicted octanol–water partition coefficient (Wildman–Crippen LogP) is 3.18. The van der Waals surface area contributed by atoms with Crippen LogP contribution in [-0.2, 0) is 10.3 Å². The molecule has 2 fully saturated rings. The van der Waals surface area contributed by atoms with Gasteiger partial charge in [0.2, 0.25) is 0 Å². The van der Waals surface area contributed by atoms with E-state index in [2.05, 4.69) is 38.1 Å². The van der Waals surface area contributed by atoms with Crippen LogP contribution in [0.25, 0.3) is 0 Å². The number of ether oxygens (including phenoxy) is 1. The predicted molar refractivity (Wildman–Crippen MR) is 112 cm³/mol. The van der Waals surface area contributed by atoms with E-state index in [-0.39, 0.29) is 5.60 Å². The molecule has 0 amide bonds. The molecule has 2 saturated heterocycles. The lowest BCUT2D eigenvalue weighted by Gasteiger charge is -2.49. The molecule has 4 rings (SSSR count). The van der Waals surface area contributed by atoms with Gasteiger partial charge in [-0.3, -0.25) is 0 Å². The summed E-state index contributed by atoms with van der Waals surface area (Å²) in [6.45, 7) is 8.29. The SMILES string of the molecule is CC1(C)C[C@]2(CCC[NH+](CC(O)(c3ccccc3)c3ccccc3)C2)CCO1. The first kappa shape index (κ1) is 19.6. The molecule has 2 heterocycles. The molecule has 1 unspecified atom stereocenters. The molecular weight excluding hydrogens is 346 g/mol. The first-order valence-electron chi connectivity index (χ1n) is 10.7. The fourth-order valence-electron chi connectivity index (χ4n) is 5.68. The summed E-state index contributed by atoms with van der Waals surface area (Å²) in [5.41, 5.74) is 1.33. The number of aliphatic hydroxyl groups is 1. The monoisotopic (exact) mass is 380 g/mol. The Morgan fingerprint density at radius 2 is 1.57 bits per heavy atom. The maximum atomic E-state index is 12.0. The Labute approximate surface area is 169 Å². The van der Waals surface area contributed by atoms with Crippen LogP contribution in [0.1, 0.15) is 50.7 Å². The highest BCUT2D eigenvalue weighted by Gasteiger charge is 2.47. The minimum atomic E-state index is -0.961. The summed E-state index contributed by atoms with van der Waals surface area (Å²) in [6.07, 6.45) is 4.79. The molecule has 0 saturated carbocycles. The molecule has 2 aromatic carbocycles. The van der Waals surface area contributed by atoms with Gasteiger partial charge < -0.3 is 14.7 Å². The zero-order chi connectivity index (χ0) is 19.7. The molecular formula is C25H34NO2+. The molecule has 3 heteroatoms. The van der Waals surface area contributed by atoms with Crippen LogP contribution in [0.3, 0.4) is 0 Å². The van der Waals surface area contributed by atoms with Crippen molar-refractivity contribution < 1.29 is 14.7 Å². The van der Waals surface area contributed by atoms with Crippen LogP contribution < -0.4 is 4.90 Å². The number of nitrogens with one attached hydrogen (secondary N) is 1. The summed E-state index contributed by atoms with van der Waals surface area (Å²) < 4.78 is 6.01. The van der Waals surface area contributed by atoms with E-state index >= 15 is 0 Å². The molecule has 0 bridgehead atoms. The fraction of sp³-hybridized carbons (Fsp3) is 0.520. The van der Waals surface area contributed by atoms with E-state index in [9.17, 15) is 5.11 Å². The standard InChI is InChI=1S/C25H33NO2/c1-23(2)18-24(15-17-28-23)14-9-16-26(19-24)20-25(27,21-10-5-3-6-11-21)22-12-7-4-8-13-22/h3-8,10-13,27H,9,14-20H2,1-2H3/p+1/t24-/m0/s1. The van der Waals surface area contributed by atoms with Gasteiger partial charge in [0.25, 0.3) is 0 Å². The topological polar surface area (TPSA) is 33.9 Å².